The van der Waals surface area contributed by atoms with Crippen LogP contribution >= 0.6 is 0 Å². The second-order valence-corrected chi connectivity index (χ2v) is 6.19. The van der Waals surface area contributed by atoms with Crippen LogP contribution in [0.3, 0.4) is 0 Å². The number of pyridine rings is 1. The van der Waals surface area contributed by atoms with Gasteiger partial charge in [0.2, 0.25) is 5.91 Å². The van der Waals surface area contributed by atoms with Crippen LogP contribution in [0.1, 0.15) is 16.7 Å². The Morgan fingerprint density at radius 1 is 1.00 bits per heavy atom. The van der Waals surface area contributed by atoms with Gasteiger partial charge >= 0.3 is 0 Å². The normalized spacial score (nSPS) is 10.8. The maximum absolute atomic E-state index is 12.4. The van der Waals surface area contributed by atoms with Gasteiger partial charge in [0, 0.05) is 17.1 Å². The summed E-state index contributed by atoms with van der Waals surface area (Å²) >= 11 is 0. The van der Waals surface area contributed by atoms with Crippen LogP contribution in [0.4, 0.5) is 5.69 Å². The predicted molar refractivity (Wildman–Crippen MR) is 97.5 cm³/mol. The highest BCUT2D eigenvalue weighted by Gasteiger charge is 2.10. The third-order valence-corrected chi connectivity index (χ3v) is 4.03. The van der Waals surface area contributed by atoms with Crippen molar-refractivity contribution in [2.45, 2.75) is 27.3 Å². The van der Waals surface area contributed by atoms with Crippen molar-refractivity contribution in [3.8, 4) is 0 Å². The molecular formula is C20H20N2O2. The van der Waals surface area contributed by atoms with Gasteiger partial charge in [0.1, 0.15) is 6.54 Å². The summed E-state index contributed by atoms with van der Waals surface area (Å²) in [4.78, 5) is 24.7. The molecule has 3 rings (SSSR count). The van der Waals surface area contributed by atoms with Crippen LogP contribution in [0.15, 0.2) is 53.3 Å². The summed E-state index contributed by atoms with van der Waals surface area (Å²) in [5.41, 5.74) is 4.45. The molecule has 2 aromatic carbocycles. The Hall–Kier alpha value is -2.88. The Morgan fingerprint density at radius 3 is 2.38 bits per heavy atom. The Kier molecular flexibility index (Phi) is 4.21. The standard InChI is InChI=1S/C20H20N2O2/c1-13-8-14(2)10-16(9-13)21-19(23)12-22-18-7-5-4-6-17(18)15(3)11-20(22)24/h4-11H,12H2,1-3H3,(H,21,23). The Bertz CT molecular complexity index is 966. The van der Waals surface area contributed by atoms with E-state index in [1.54, 1.807) is 6.07 Å². The zero-order valence-corrected chi connectivity index (χ0v) is 14.1. The molecular weight excluding hydrogens is 300 g/mol. The third kappa shape index (κ3) is 3.23. The number of hydrogen-bond acceptors (Lipinski definition) is 2. The van der Waals surface area contributed by atoms with Crippen molar-refractivity contribution in [3.05, 3.63) is 75.6 Å². The zero-order valence-electron chi connectivity index (χ0n) is 14.1. The van der Waals surface area contributed by atoms with Gasteiger partial charge in [-0.15, -0.1) is 0 Å². The lowest BCUT2D eigenvalue weighted by Gasteiger charge is -2.12. The minimum absolute atomic E-state index is 0.00733. The Balaban J connectivity index is 1.92. The highest BCUT2D eigenvalue weighted by Crippen LogP contribution is 2.17. The van der Waals surface area contributed by atoms with Crippen LogP contribution < -0.4 is 10.9 Å². The second-order valence-electron chi connectivity index (χ2n) is 6.19. The molecule has 1 heterocycles. The van der Waals surface area contributed by atoms with Gasteiger partial charge in [0.15, 0.2) is 0 Å². The molecule has 1 aromatic heterocycles. The number of carbonyl (C=O) groups is 1. The van der Waals surface area contributed by atoms with Gasteiger partial charge in [-0.1, -0.05) is 24.3 Å². The number of rotatable bonds is 3. The van der Waals surface area contributed by atoms with Gasteiger partial charge in [-0.2, -0.15) is 0 Å². The number of fused-ring (bicyclic) bond motifs is 1. The molecule has 0 fully saturated rings. The number of nitrogens with one attached hydrogen (secondary N) is 1. The summed E-state index contributed by atoms with van der Waals surface area (Å²) in [6.07, 6.45) is 0. The van der Waals surface area contributed by atoms with E-state index in [4.69, 9.17) is 0 Å². The van der Waals surface area contributed by atoms with E-state index >= 15 is 0 Å². The smallest absolute Gasteiger partial charge is 0.251 e. The van der Waals surface area contributed by atoms with Gasteiger partial charge in [0.25, 0.3) is 5.56 Å². The molecule has 0 bridgehead atoms. The van der Waals surface area contributed by atoms with E-state index in [1.807, 2.05) is 63.2 Å². The molecule has 0 saturated carbocycles. The fourth-order valence-corrected chi connectivity index (χ4v) is 3.06. The van der Waals surface area contributed by atoms with E-state index in [2.05, 4.69) is 5.32 Å². The first-order valence-electron chi connectivity index (χ1n) is 7.91. The van der Waals surface area contributed by atoms with E-state index in [9.17, 15) is 9.59 Å². The van der Waals surface area contributed by atoms with Crippen LogP contribution in [0, 0.1) is 20.8 Å². The molecule has 3 aromatic rings. The maximum Gasteiger partial charge on any atom is 0.251 e. The van der Waals surface area contributed by atoms with Crippen molar-refractivity contribution in [2.75, 3.05) is 5.32 Å². The first kappa shape index (κ1) is 16.0. The molecule has 0 radical (unpaired) electrons. The summed E-state index contributed by atoms with van der Waals surface area (Å²) in [6.45, 7) is 5.87. The largest absolute Gasteiger partial charge is 0.325 e. The monoisotopic (exact) mass is 320 g/mol. The maximum atomic E-state index is 12.4. The number of nitrogens with zero attached hydrogens (tertiary/aromatic N) is 1. The van der Waals surface area contributed by atoms with E-state index in [-0.39, 0.29) is 18.0 Å². The Labute approximate surface area is 140 Å². The summed E-state index contributed by atoms with van der Waals surface area (Å²) in [5.74, 6) is -0.212. The van der Waals surface area contributed by atoms with Crippen LogP contribution in [0.25, 0.3) is 10.9 Å². The summed E-state index contributed by atoms with van der Waals surface area (Å²) in [6, 6.07) is 15.1. The van der Waals surface area contributed by atoms with Crippen molar-refractivity contribution in [1.29, 1.82) is 0 Å². The molecule has 4 nitrogen and oxygen atoms in total. The van der Waals surface area contributed by atoms with Gasteiger partial charge in [-0.3, -0.25) is 14.2 Å². The van der Waals surface area contributed by atoms with Crippen molar-refractivity contribution in [1.82, 2.24) is 4.57 Å². The lowest BCUT2D eigenvalue weighted by atomic mass is 10.1. The number of benzene rings is 2. The zero-order chi connectivity index (χ0) is 17.3. The number of anilines is 1. The first-order valence-corrected chi connectivity index (χ1v) is 7.91. The molecule has 0 spiro atoms. The average molecular weight is 320 g/mol. The van der Waals surface area contributed by atoms with E-state index in [1.165, 1.54) is 4.57 Å². The van der Waals surface area contributed by atoms with Gasteiger partial charge in [-0.05, 0) is 55.7 Å². The summed E-state index contributed by atoms with van der Waals surface area (Å²) < 4.78 is 1.51. The highest BCUT2D eigenvalue weighted by atomic mass is 16.2. The van der Waals surface area contributed by atoms with Crippen molar-refractivity contribution in [3.63, 3.8) is 0 Å². The fourth-order valence-electron chi connectivity index (χ4n) is 3.06. The number of hydrogen-bond donors (Lipinski definition) is 1. The number of aryl methyl sites for hydroxylation is 3. The molecule has 0 unspecified atom stereocenters. The first-order chi connectivity index (χ1) is 11.4. The fraction of sp³-hybridized carbons (Fsp3) is 0.200. The quantitative estimate of drug-likeness (QED) is 0.802. The lowest BCUT2D eigenvalue weighted by Crippen LogP contribution is -2.27. The van der Waals surface area contributed by atoms with E-state index < -0.39 is 0 Å². The Morgan fingerprint density at radius 2 is 1.67 bits per heavy atom. The molecule has 0 saturated heterocycles. The number of carbonyl (C=O) groups excluding carboxylic acids is 1. The summed E-state index contributed by atoms with van der Waals surface area (Å²) in [7, 11) is 0. The van der Waals surface area contributed by atoms with Crippen LogP contribution in [-0.4, -0.2) is 10.5 Å². The SMILES string of the molecule is Cc1cc(C)cc(NC(=O)Cn2c(=O)cc(C)c3ccccc32)c1. The topological polar surface area (TPSA) is 51.1 Å². The average Bonchev–Trinajstić information content (AvgIpc) is 2.50. The van der Waals surface area contributed by atoms with Crippen molar-refractivity contribution >= 4 is 22.5 Å². The van der Waals surface area contributed by atoms with E-state index in [0.717, 1.165) is 33.3 Å². The number of para-hydroxylation sites is 1. The molecule has 4 heteroatoms. The van der Waals surface area contributed by atoms with Crippen molar-refractivity contribution in [2.24, 2.45) is 0 Å². The third-order valence-electron chi connectivity index (χ3n) is 4.03. The molecule has 1 N–H and O–H groups in total. The second kappa shape index (κ2) is 6.32. The van der Waals surface area contributed by atoms with Crippen LogP contribution in [0.2, 0.25) is 0 Å². The lowest BCUT2D eigenvalue weighted by molar-refractivity contribution is -0.116. The molecule has 0 aliphatic rings. The molecule has 0 aliphatic carbocycles. The van der Waals surface area contributed by atoms with Gasteiger partial charge in [-0.25, -0.2) is 0 Å². The predicted octanol–water partition coefficient (Wildman–Crippen LogP) is 3.57. The van der Waals surface area contributed by atoms with Crippen molar-refractivity contribution < 1.29 is 4.79 Å². The summed E-state index contributed by atoms with van der Waals surface area (Å²) in [5, 5.41) is 3.86. The molecule has 122 valence electrons. The molecule has 0 aliphatic heterocycles. The minimum atomic E-state index is -0.212. The number of aromatic nitrogens is 1. The molecule has 0 atom stereocenters. The van der Waals surface area contributed by atoms with Crippen LogP contribution in [0.5, 0.6) is 0 Å². The van der Waals surface area contributed by atoms with E-state index in [0.29, 0.717) is 0 Å². The van der Waals surface area contributed by atoms with Crippen LogP contribution in [-0.2, 0) is 11.3 Å². The highest BCUT2D eigenvalue weighted by molar-refractivity contribution is 5.92. The molecule has 24 heavy (non-hydrogen) atoms. The number of amides is 1. The van der Waals surface area contributed by atoms with Gasteiger partial charge < -0.3 is 5.32 Å². The molecule has 1 amide bonds. The minimum Gasteiger partial charge on any atom is -0.325 e. The van der Waals surface area contributed by atoms with Gasteiger partial charge in [0.05, 0.1) is 5.52 Å².